The van der Waals surface area contributed by atoms with E-state index in [-0.39, 0.29) is 30.5 Å². The zero-order chi connectivity index (χ0) is 18.5. The van der Waals surface area contributed by atoms with Crippen LogP contribution in [0.1, 0.15) is 54.5 Å². The lowest BCUT2D eigenvalue weighted by atomic mass is 9.85. The topological polar surface area (TPSA) is 88.9 Å². The molecule has 1 aliphatic rings. The van der Waals surface area contributed by atoms with Crippen molar-refractivity contribution in [1.82, 2.24) is 10.3 Å². The molecule has 1 amide bonds. The first-order valence-electron chi connectivity index (χ1n) is 8.53. The van der Waals surface area contributed by atoms with Crippen molar-refractivity contribution in [3.8, 4) is 11.8 Å². The highest BCUT2D eigenvalue weighted by atomic mass is 16.3. The van der Waals surface area contributed by atoms with E-state index < -0.39 is 0 Å². The number of nitrogens with one attached hydrogen (secondary N) is 2. The van der Waals surface area contributed by atoms with Gasteiger partial charge in [0.2, 0.25) is 0 Å². The number of aromatic nitrogens is 1. The van der Waals surface area contributed by atoms with Gasteiger partial charge in [-0.25, -0.2) is 0 Å². The third-order valence-electron chi connectivity index (χ3n) is 5.14. The van der Waals surface area contributed by atoms with Crippen molar-refractivity contribution < 1.29 is 9.90 Å². The van der Waals surface area contributed by atoms with E-state index in [1.165, 1.54) is 5.56 Å². The minimum absolute atomic E-state index is 0. The molecular weight excluding hydrogens is 338 g/mol. The Morgan fingerprint density at radius 3 is 2.78 bits per heavy atom. The minimum Gasteiger partial charge on any atom is -0.508 e. The maximum atomic E-state index is 12.8. The monoisotopic (exact) mass is 361 g/mol. The highest BCUT2D eigenvalue weighted by molar-refractivity contribution is 5.98. The van der Waals surface area contributed by atoms with Crippen molar-refractivity contribution in [3.63, 3.8) is 0 Å². The lowest BCUT2D eigenvalue weighted by Crippen LogP contribution is -2.35. The molecule has 3 N–H and O–H groups in total. The molecule has 3 aromatic rings. The Morgan fingerprint density at radius 1 is 1.26 bits per heavy atom. The average Bonchev–Trinajstić information content (AvgIpc) is 3.12. The lowest BCUT2D eigenvalue weighted by Gasteiger charge is -2.28. The molecule has 0 aliphatic heterocycles. The predicted molar refractivity (Wildman–Crippen MR) is 106 cm³/mol. The Balaban J connectivity index is 0.00000210. The van der Waals surface area contributed by atoms with E-state index in [4.69, 9.17) is 0 Å². The maximum absolute atomic E-state index is 12.8. The van der Waals surface area contributed by atoms with Gasteiger partial charge in [0.15, 0.2) is 0 Å². The number of phenolic OH excluding ortho intramolecular Hbond substituents is 1. The Hall–Kier alpha value is -3.26. The molecule has 4 rings (SSSR count). The molecule has 0 spiro atoms. The summed E-state index contributed by atoms with van der Waals surface area (Å²) in [5.41, 5.74) is 3.88. The predicted octanol–water partition coefficient (Wildman–Crippen LogP) is 4.43. The Bertz CT molecular complexity index is 1070. The number of hydrogen-bond acceptors (Lipinski definition) is 3. The van der Waals surface area contributed by atoms with E-state index in [0.29, 0.717) is 11.3 Å². The summed E-state index contributed by atoms with van der Waals surface area (Å²) in [7, 11) is 0. The van der Waals surface area contributed by atoms with Gasteiger partial charge in [-0.3, -0.25) is 4.79 Å². The number of amides is 1. The van der Waals surface area contributed by atoms with Gasteiger partial charge < -0.3 is 15.4 Å². The van der Waals surface area contributed by atoms with Crippen molar-refractivity contribution in [2.45, 2.75) is 33.7 Å². The Morgan fingerprint density at radius 2 is 2.04 bits per heavy atom. The summed E-state index contributed by atoms with van der Waals surface area (Å²) in [4.78, 5) is 15.9. The minimum atomic E-state index is -0.200. The fourth-order valence-electron chi connectivity index (χ4n) is 3.83. The summed E-state index contributed by atoms with van der Waals surface area (Å²) in [5.74, 6) is -0.0349. The Kier molecular flexibility index (Phi) is 4.44. The van der Waals surface area contributed by atoms with Crippen LogP contribution in [0, 0.1) is 16.7 Å². The van der Waals surface area contributed by atoms with E-state index in [0.717, 1.165) is 22.9 Å². The lowest BCUT2D eigenvalue weighted by molar-refractivity contribution is 0.0899. The highest BCUT2D eigenvalue weighted by Gasteiger charge is 2.40. The van der Waals surface area contributed by atoms with Crippen LogP contribution in [-0.2, 0) is 6.42 Å². The second-order valence-corrected chi connectivity index (χ2v) is 7.55. The van der Waals surface area contributed by atoms with Crippen LogP contribution in [0.5, 0.6) is 5.75 Å². The number of aromatic hydroxyl groups is 1. The van der Waals surface area contributed by atoms with E-state index in [1.54, 1.807) is 24.3 Å². The molecule has 0 saturated carbocycles. The summed E-state index contributed by atoms with van der Waals surface area (Å²) in [6, 6.07) is 14.4. The second kappa shape index (κ2) is 6.48. The molecule has 1 heterocycles. The molecule has 1 aliphatic carbocycles. The second-order valence-electron chi connectivity index (χ2n) is 7.55. The van der Waals surface area contributed by atoms with Gasteiger partial charge in [-0.05, 0) is 59.4 Å². The first-order chi connectivity index (χ1) is 12.4. The molecule has 0 unspecified atom stereocenters. The highest BCUT2D eigenvalue weighted by Crippen LogP contribution is 2.45. The van der Waals surface area contributed by atoms with Gasteiger partial charge in [0.25, 0.3) is 5.91 Å². The van der Waals surface area contributed by atoms with Crippen LogP contribution in [-0.4, -0.2) is 16.0 Å². The standard InChI is InChI=1S/C21H19N3O2.CH4/c1-21(2)10-13-4-3-12(11-22)7-16(13)19(21)24-20(26)18-9-14-8-15(25)5-6-17(14)23-18;/h3-9,19,23,25H,10H2,1-2H3,(H,24,26);1H4/t19-;/m0./s1. The number of H-pyrrole nitrogens is 1. The van der Waals surface area contributed by atoms with Crippen LogP contribution < -0.4 is 5.32 Å². The van der Waals surface area contributed by atoms with E-state index in [9.17, 15) is 15.2 Å². The molecule has 0 radical (unpaired) electrons. The van der Waals surface area contributed by atoms with Crippen LogP contribution in [0.25, 0.3) is 10.9 Å². The number of benzene rings is 2. The van der Waals surface area contributed by atoms with E-state index in [1.807, 2.05) is 18.2 Å². The van der Waals surface area contributed by atoms with Crippen molar-refractivity contribution in [2.75, 3.05) is 0 Å². The van der Waals surface area contributed by atoms with Gasteiger partial charge in [-0.15, -0.1) is 0 Å². The number of phenols is 1. The van der Waals surface area contributed by atoms with Gasteiger partial charge in [0, 0.05) is 10.9 Å². The summed E-state index contributed by atoms with van der Waals surface area (Å²) >= 11 is 0. The molecule has 5 heteroatoms. The summed E-state index contributed by atoms with van der Waals surface area (Å²) in [6.45, 7) is 4.24. The largest absolute Gasteiger partial charge is 0.508 e. The number of nitriles is 1. The van der Waals surface area contributed by atoms with Crippen molar-refractivity contribution in [1.29, 1.82) is 5.26 Å². The van der Waals surface area contributed by atoms with Gasteiger partial charge in [0.1, 0.15) is 11.4 Å². The quantitative estimate of drug-likeness (QED) is 0.630. The summed E-state index contributed by atoms with van der Waals surface area (Å²) in [6.07, 6.45) is 0.847. The first kappa shape index (κ1) is 18.5. The van der Waals surface area contributed by atoms with Gasteiger partial charge in [-0.2, -0.15) is 5.26 Å². The van der Waals surface area contributed by atoms with Crippen LogP contribution >= 0.6 is 0 Å². The summed E-state index contributed by atoms with van der Waals surface area (Å²) < 4.78 is 0. The molecule has 27 heavy (non-hydrogen) atoms. The maximum Gasteiger partial charge on any atom is 0.268 e. The third-order valence-corrected chi connectivity index (χ3v) is 5.14. The van der Waals surface area contributed by atoms with Crippen molar-refractivity contribution in [3.05, 3.63) is 64.8 Å². The molecular formula is C22H23N3O2. The SMILES string of the molecule is C.CC1(C)Cc2ccc(C#N)cc2[C@@H]1NC(=O)c1cc2cc(O)ccc2[nH]1. The van der Waals surface area contributed by atoms with Crippen molar-refractivity contribution >= 4 is 16.8 Å². The molecule has 2 aromatic carbocycles. The fraction of sp³-hybridized carbons (Fsp3) is 0.273. The number of fused-ring (bicyclic) bond motifs is 2. The fourth-order valence-corrected chi connectivity index (χ4v) is 3.83. The van der Waals surface area contributed by atoms with Gasteiger partial charge in [0.05, 0.1) is 17.7 Å². The van der Waals surface area contributed by atoms with E-state index in [2.05, 4.69) is 30.2 Å². The van der Waals surface area contributed by atoms with Crippen molar-refractivity contribution in [2.24, 2.45) is 5.41 Å². The Labute approximate surface area is 158 Å². The number of aromatic amines is 1. The molecule has 5 nitrogen and oxygen atoms in total. The molecule has 138 valence electrons. The summed E-state index contributed by atoms with van der Waals surface area (Å²) in [5, 5.41) is 22.7. The number of hydrogen-bond donors (Lipinski definition) is 3. The van der Waals surface area contributed by atoms with Crippen LogP contribution in [0.15, 0.2) is 42.5 Å². The van der Waals surface area contributed by atoms with Crippen LogP contribution in [0.4, 0.5) is 0 Å². The number of carbonyl (C=O) groups is 1. The smallest absolute Gasteiger partial charge is 0.268 e. The molecule has 0 fully saturated rings. The first-order valence-corrected chi connectivity index (χ1v) is 8.53. The number of nitrogens with zero attached hydrogens (tertiary/aromatic N) is 1. The molecule has 1 aromatic heterocycles. The molecule has 0 bridgehead atoms. The van der Waals surface area contributed by atoms with E-state index >= 15 is 0 Å². The average molecular weight is 361 g/mol. The van der Waals surface area contributed by atoms with Crippen LogP contribution in [0.3, 0.4) is 0 Å². The van der Waals surface area contributed by atoms with Crippen LogP contribution in [0.2, 0.25) is 0 Å². The number of carbonyl (C=O) groups excluding carboxylic acids is 1. The molecule has 1 atom stereocenters. The number of rotatable bonds is 2. The van der Waals surface area contributed by atoms with Gasteiger partial charge >= 0.3 is 0 Å². The zero-order valence-electron chi connectivity index (χ0n) is 14.6. The third kappa shape index (κ3) is 3.15. The van der Waals surface area contributed by atoms with Gasteiger partial charge in [-0.1, -0.05) is 27.3 Å². The normalized spacial score (nSPS) is 17.0. The zero-order valence-corrected chi connectivity index (χ0v) is 14.6. The molecule has 0 saturated heterocycles.